The van der Waals surface area contributed by atoms with E-state index in [0.717, 1.165) is 0 Å². The van der Waals surface area contributed by atoms with Crippen LogP contribution in [0.15, 0.2) is 0 Å². The SMILES string of the molecule is CCOC(=O)C1CC2C(=O)C3NC(Cl)NCC3OC2NC1N. The maximum absolute atomic E-state index is 12.7. The Kier molecular flexibility index (Phi) is 4.67. The van der Waals surface area contributed by atoms with Gasteiger partial charge >= 0.3 is 5.97 Å². The molecule has 3 fully saturated rings. The van der Waals surface area contributed by atoms with Gasteiger partial charge in [-0.25, -0.2) is 0 Å². The lowest BCUT2D eigenvalue weighted by Gasteiger charge is -2.48. The summed E-state index contributed by atoms with van der Waals surface area (Å²) in [4.78, 5) is 24.7. The van der Waals surface area contributed by atoms with Crippen LogP contribution in [0, 0.1) is 11.8 Å². The molecule has 0 aromatic heterocycles. The molecule has 8 nitrogen and oxygen atoms in total. The van der Waals surface area contributed by atoms with Gasteiger partial charge in [0.2, 0.25) is 0 Å². The van der Waals surface area contributed by atoms with E-state index >= 15 is 0 Å². The molecular weight excluding hydrogens is 312 g/mol. The van der Waals surface area contributed by atoms with Crippen molar-refractivity contribution in [1.82, 2.24) is 16.0 Å². The average molecular weight is 333 g/mol. The number of hydrogen-bond donors (Lipinski definition) is 4. The number of rotatable bonds is 2. The van der Waals surface area contributed by atoms with Crippen LogP contribution in [0.2, 0.25) is 0 Å². The van der Waals surface area contributed by atoms with Crippen molar-refractivity contribution in [1.29, 1.82) is 0 Å². The van der Waals surface area contributed by atoms with Gasteiger partial charge in [0.1, 0.15) is 11.9 Å². The molecule has 7 atom stereocenters. The number of nitrogens with two attached hydrogens (primary N) is 1. The minimum Gasteiger partial charge on any atom is -0.466 e. The minimum atomic E-state index is -0.588. The van der Waals surface area contributed by atoms with Crippen LogP contribution in [0.5, 0.6) is 0 Å². The monoisotopic (exact) mass is 332 g/mol. The fourth-order valence-corrected chi connectivity index (χ4v) is 3.55. The molecule has 3 aliphatic rings. The minimum absolute atomic E-state index is 0.00194. The Morgan fingerprint density at radius 3 is 3.00 bits per heavy atom. The molecular formula is C13H21ClN4O4. The Hall–Kier alpha value is -0.770. The molecule has 0 bridgehead atoms. The fourth-order valence-electron chi connectivity index (χ4n) is 3.33. The Bertz CT molecular complexity index is 465. The van der Waals surface area contributed by atoms with E-state index in [4.69, 9.17) is 26.8 Å². The van der Waals surface area contributed by atoms with Crippen molar-refractivity contribution in [3.05, 3.63) is 0 Å². The van der Waals surface area contributed by atoms with Crippen LogP contribution in [-0.4, -0.2) is 55.1 Å². The van der Waals surface area contributed by atoms with Crippen molar-refractivity contribution in [2.24, 2.45) is 17.6 Å². The zero-order valence-corrected chi connectivity index (χ0v) is 13.0. The van der Waals surface area contributed by atoms with Gasteiger partial charge in [-0.3, -0.25) is 25.5 Å². The van der Waals surface area contributed by atoms with Gasteiger partial charge in [0.15, 0.2) is 5.78 Å². The highest BCUT2D eigenvalue weighted by atomic mass is 35.5. The van der Waals surface area contributed by atoms with Gasteiger partial charge in [-0.2, -0.15) is 0 Å². The number of esters is 1. The Morgan fingerprint density at radius 1 is 1.50 bits per heavy atom. The highest BCUT2D eigenvalue weighted by Crippen LogP contribution is 2.33. The van der Waals surface area contributed by atoms with E-state index in [1.54, 1.807) is 6.92 Å². The third-order valence-corrected chi connectivity index (χ3v) is 4.72. The molecule has 3 heterocycles. The number of alkyl halides is 1. The molecule has 9 heteroatoms. The number of halogens is 1. The van der Waals surface area contributed by atoms with Crippen molar-refractivity contribution in [2.75, 3.05) is 13.2 Å². The molecule has 0 amide bonds. The summed E-state index contributed by atoms with van der Waals surface area (Å²) in [5.41, 5.74) is 5.53. The molecule has 3 rings (SSSR count). The van der Waals surface area contributed by atoms with Gasteiger partial charge in [0, 0.05) is 6.54 Å². The van der Waals surface area contributed by atoms with E-state index in [2.05, 4.69) is 16.0 Å². The molecule has 7 unspecified atom stereocenters. The number of hydrogen-bond acceptors (Lipinski definition) is 8. The topological polar surface area (TPSA) is 115 Å². The van der Waals surface area contributed by atoms with Gasteiger partial charge in [-0.05, 0) is 13.3 Å². The van der Waals surface area contributed by atoms with E-state index in [-0.39, 0.29) is 24.5 Å². The first-order valence-corrected chi connectivity index (χ1v) is 7.96. The zero-order chi connectivity index (χ0) is 15.9. The number of Topliss-reactive ketones (excluding diaryl/α,β-unsaturated/α-hetero) is 1. The van der Waals surface area contributed by atoms with Gasteiger partial charge in [0.25, 0.3) is 0 Å². The predicted octanol–water partition coefficient (Wildman–Crippen LogP) is -1.56. The number of piperidine rings is 1. The number of ketones is 1. The normalized spacial score (nSPS) is 44.9. The first kappa shape index (κ1) is 16.1. The summed E-state index contributed by atoms with van der Waals surface area (Å²) < 4.78 is 11.0. The molecule has 0 spiro atoms. The molecule has 124 valence electrons. The van der Waals surface area contributed by atoms with Crippen LogP contribution in [-0.2, 0) is 19.1 Å². The molecule has 0 saturated carbocycles. The summed E-state index contributed by atoms with van der Waals surface area (Å²) in [6.45, 7) is 2.51. The Balaban J connectivity index is 1.74. The second-order valence-electron chi connectivity index (χ2n) is 5.81. The molecule has 0 aromatic carbocycles. The van der Waals surface area contributed by atoms with E-state index in [1.807, 2.05) is 0 Å². The third-order valence-electron chi connectivity index (χ3n) is 4.44. The molecule has 3 saturated heterocycles. The van der Waals surface area contributed by atoms with Crippen molar-refractivity contribution in [3.8, 4) is 0 Å². The predicted molar refractivity (Wildman–Crippen MR) is 77.6 cm³/mol. The summed E-state index contributed by atoms with van der Waals surface area (Å²) in [7, 11) is 0. The third kappa shape index (κ3) is 2.86. The average Bonchev–Trinajstić information content (AvgIpc) is 2.48. The standard InChI is InChI=1S/C13H21ClN4O4/c1-2-21-12(20)6-3-5-9(19)8-7(4-16-13(14)17-8)22-11(5)18-10(6)15/h5-8,10-11,13,16-18H,2-4,15H2,1H3. The molecule has 0 aromatic rings. The maximum atomic E-state index is 12.7. The van der Waals surface area contributed by atoms with Crippen LogP contribution < -0.4 is 21.7 Å². The lowest BCUT2D eigenvalue weighted by molar-refractivity contribution is -0.175. The summed E-state index contributed by atoms with van der Waals surface area (Å²) in [6, 6.07) is -0.469. The van der Waals surface area contributed by atoms with Gasteiger partial charge in [-0.1, -0.05) is 11.6 Å². The number of carbonyl (C=O) groups excluding carboxylic acids is 2. The van der Waals surface area contributed by atoms with E-state index in [9.17, 15) is 9.59 Å². The van der Waals surface area contributed by atoms with E-state index in [0.29, 0.717) is 13.0 Å². The van der Waals surface area contributed by atoms with Crippen LogP contribution >= 0.6 is 11.6 Å². The van der Waals surface area contributed by atoms with Crippen molar-refractivity contribution < 1.29 is 19.1 Å². The Morgan fingerprint density at radius 2 is 2.27 bits per heavy atom. The van der Waals surface area contributed by atoms with Gasteiger partial charge in [0.05, 0.1) is 36.8 Å². The van der Waals surface area contributed by atoms with Crippen LogP contribution in [0.25, 0.3) is 0 Å². The number of nitrogens with one attached hydrogen (secondary N) is 3. The molecule has 5 N–H and O–H groups in total. The van der Waals surface area contributed by atoms with Gasteiger partial charge < -0.3 is 15.2 Å². The highest BCUT2D eigenvalue weighted by molar-refractivity contribution is 6.20. The van der Waals surface area contributed by atoms with Crippen molar-refractivity contribution in [2.45, 2.75) is 43.5 Å². The molecule has 22 heavy (non-hydrogen) atoms. The summed E-state index contributed by atoms with van der Waals surface area (Å²) >= 11 is 5.98. The van der Waals surface area contributed by atoms with Crippen LogP contribution in [0.4, 0.5) is 0 Å². The molecule has 0 radical (unpaired) electrons. The van der Waals surface area contributed by atoms with E-state index < -0.39 is 35.9 Å². The Labute approximate surface area is 133 Å². The largest absolute Gasteiger partial charge is 0.466 e. The summed E-state index contributed by atoms with van der Waals surface area (Å²) in [5.74, 6) is -1.38. The zero-order valence-electron chi connectivity index (χ0n) is 12.3. The second-order valence-corrected chi connectivity index (χ2v) is 6.24. The first-order chi connectivity index (χ1) is 10.5. The molecule has 0 aliphatic carbocycles. The van der Waals surface area contributed by atoms with E-state index in [1.165, 1.54) is 0 Å². The summed E-state index contributed by atoms with van der Waals surface area (Å²) in [5, 5.41) is 9.01. The fraction of sp³-hybridized carbons (Fsp3) is 0.846. The lowest BCUT2D eigenvalue weighted by atomic mass is 9.79. The second kappa shape index (κ2) is 6.38. The van der Waals surface area contributed by atoms with Crippen molar-refractivity contribution in [3.63, 3.8) is 0 Å². The number of carbonyl (C=O) groups is 2. The quantitative estimate of drug-likeness (QED) is 0.273. The number of ether oxygens (including phenoxy) is 2. The van der Waals surface area contributed by atoms with Crippen molar-refractivity contribution >= 4 is 23.4 Å². The van der Waals surface area contributed by atoms with Crippen LogP contribution in [0.3, 0.4) is 0 Å². The smallest absolute Gasteiger partial charge is 0.311 e. The lowest BCUT2D eigenvalue weighted by Crippen LogP contribution is -2.72. The first-order valence-electron chi connectivity index (χ1n) is 7.52. The highest BCUT2D eigenvalue weighted by Gasteiger charge is 2.51. The van der Waals surface area contributed by atoms with Crippen LogP contribution in [0.1, 0.15) is 13.3 Å². The summed E-state index contributed by atoms with van der Waals surface area (Å²) in [6.07, 6.45) is -1.05. The number of fused-ring (bicyclic) bond motifs is 2. The maximum Gasteiger partial charge on any atom is 0.311 e. The molecule has 3 aliphatic heterocycles. The van der Waals surface area contributed by atoms with Gasteiger partial charge in [-0.15, -0.1) is 0 Å².